The summed E-state index contributed by atoms with van der Waals surface area (Å²) < 4.78 is 19.2. The van der Waals surface area contributed by atoms with Crippen LogP contribution in [-0.2, 0) is 20.9 Å². The number of halogens is 1. The van der Waals surface area contributed by atoms with E-state index in [9.17, 15) is 9.59 Å². The van der Waals surface area contributed by atoms with Crippen molar-refractivity contribution in [2.24, 2.45) is 0 Å². The number of hydrogen-bond acceptors (Lipinski definition) is 5. The third-order valence-electron chi connectivity index (χ3n) is 7.48. The summed E-state index contributed by atoms with van der Waals surface area (Å²) >= 11 is 2.26. The molecule has 0 bridgehead atoms. The highest BCUT2D eigenvalue weighted by Gasteiger charge is 2.42. The maximum Gasteiger partial charge on any atom is 0.174 e. The molecule has 6 heteroatoms. The van der Waals surface area contributed by atoms with Crippen molar-refractivity contribution >= 4 is 44.9 Å². The lowest BCUT2D eigenvalue weighted by Gasteiger charge is -2.36. The van der Waals surface area contributed by atoms with E-state index >= 15 is 0 Å². The van der Waals surface area contributed by atoms with E-state index in [0.29, 0.717) is 42.1 Å². The largest absolute Gasteiger partial charge is 0.493 e. The fourth-order valence-electron chi connectivity index (χ4n) is 5.77. The van der Waals surface area contributed by atoms with Crippen molar-refractivity contribution in [1.82, 2.24) is 0 Å². The Morgan fingerprint density at radius 1 is 0.892 bits per heavy atom. The van der Waals surface area contributed by atoms with Crippen molar-refractivity contribution in [3.63, 3.8) is 0 Å². The van der Waals surface area contributed by atoms with Crippen LogP contribution < -0.4 is 9.47 Å². The maximum atomic E-state index is 13.1. The van der Waals surface area contributed by atoms with Gasteiger partial charge in [0.25, 0.3) is 0 Å². The first-order valence-electron chi connectivity index (χ1n) is 12.7. The molecule has 3 aliphatic rings. The van der Waals surface area contributed by atoms with Crippen molar-refractivity contribution in [3.05, 3.63) is 92.0 Å². The van der Waals surface area contributed by atoms with Crippen molar-refractivity contribution in [2.45, 2.75) is 51.0 Å². The minimum Gasteiger partial charge on any atom is -0.493 e. The van der Waals surface area contributed by atoms with E-state index in [0.717, 1.165) is 57.3 Å². The normalized spacial score (nSPS) is 18.0. The molecular weight excluding hydrogens is 579 g/mol. The summed E-state index contributed by atoms with van der Waals surface area (Å²) in [4.78, 5) is 26.3. The number of fused-ring (bicyclic) bond motifs is 1. The highest BCUT2D eigenvalue weighted by Crippen LogP contribution is 2.49. The lowest BCUT2D eigenvalue weighted by atomic mass is 9.73. The number of rotatable bonds is 5. The van der Waals surface area contributed by atoms with Gasteiger partial charge in [-0.05, 0) is 69.5 Å². The molecule has 3 aromatic carbocycles. The van der Waals surface area contributed by atoms with E-state index in [-0.39, 0.29) is 11.6 Å². The molecule has 1 heterocycles. The molecule has 0 spiro atoms. The van der Waals surface area contributed by atoms with E-state index < -0.39 is 5.92 Å². The summed E-state index contributed by atoms with van der Waals surface area (Å²) in [6.07, 6.45) is 3.98. The van der Waals surface area contributed by atoms with Crippen molar-refractivity contribution < 1.29 is 23.8 Å². The molecule has 0 aromatic heterocycles. The summed E-state index contributed by atoms with van der Waals surface area (Å²) in [6.45, 7) is 0.395. The van der Waals surface area contributed by atoms with Crippen LogP contribution in [0.25, 0.3) is 10.8 Å². The lowest BCUT2D eigenvalue weighted by molar-refractivity contribution is -0.117. The van der Waals surface area contributed by atoms with Crippen LogP contribution in [0, 0.1) is 3.57 Å². The fraction of sp³-hybridized carbons (Fsp3) is 0.290. The zero-order valence-corrected chi connectivity index (χ0v) is 22.8. The van der Waals surface area contributed by atoms with Crippen LogP contribution in [0.1, 0.15) is 55.6 Å². The molecule has 0 fully saturated rings. The van der Waals surface area contributed by atoms with Gasteiger partial charge in [-0.2, -0.15) is 0 Å². The monoisotopic (exact) mass is 606 g/mol. The Kier molecular flexibility index (Phi) is 6.53. The molecule has 2 aliphatic carbocycles. The van der Waals surface area contributed by atoms with Gasteiger partial charge >= 0.3 is 0 Å². The molecule has 0 radical (unpaired) electrons. The molecule has 0 atom stereocenters. The van der Waals surface area contributed by atoms with Gasteiger partial charge in [-0.15, -0.1) is 0 Å². The first-order chi connectivity index (χ1) is 18.0. The average molecular weight is 606 g/mol. The predicted octanol–water partition coefficient (Wildman–Crippen LogP) is 7.16. The predicted molar refractivity (Wildman–Crippen MR) is 150 cm³/mol. The van der Waals surface area contributed by atoms with Crippen molar-refractivity contribution in [3.8, 4) is 11.5 Å². The van der Waals surface area contributed by atoms with Crippen molar-refractivity contribution in [1.29, 1.82) is 0 Å². The Balaban J connectivity index is 1.40. The summed E-state index contributed by atoms with van der Waals surface area (Å²) in [5, 5.41) is 2.32. The first kappa shape index (κ1) is 24.2. The van der Waals surface area contributed by atoms with Gasteiger partial charge in [0, 0.05) is 42.7 Å². The number of allylic oxidation sites excluding steroid dienone is 4. The minimum atomic E-state index is -0.422. The SMILES string of the molecule is COc1cc(C2C3=C(CCCC3=O)OC3=C2C(=O)CCC3)cc(I)c1OCc1cccc2ccccc12. The topological polar surface area (TPSA) is 61.8 Å². The molecule has 5 nitrogen and oxygen atoms in total. The number of benzene rings is 3. The second-order valence-corrected chi connectivity index (χ2v) is 10.9. The number of ketones is 2. The molecule has 0 saturated carbocycles. The Labute approximate surface area is 229 Å². The highest BCUT2D eigenvalue weighted by atomic mass is 127. The van der Waals surface area contributed by atoms with E-state index in [1.807, 2.05) is 30.3 Å². The van der Waals surface area contributed by atoms with Gasteiger partial charge in [0.05, 0.1) is 10.7 Å². The van der Waals surface area contributed by atoms with E-state index in [1.165, 1.54) is 5.39 Å². The number of ether oxygens (including phenoxy) is 3. The van der Waals surface area contributed by atoms with E-state index in [1.54, 1.807) is 7.11 Å². The van der Waals surface area contributed by atoms with Gasteiger partial charge < -0.3 is 14.2 Å². The zero-order chi connectivity index (χ0) is 25.5. The van der Waals surface area contributed by atoms with Gasteiger partial charge in [0.15, 0.2) is 23.1 Å². The summed E-state index contributed by atoms with van der Waals surface area (Å²) in [7, 11) is 1.62. The Hall–Kier alpha value is -3.13. The molecule has 188 valence electrons. The van der Waals surface area contributed by atoms with Crippen LogP contribution in [0.5, 0.6) is 11.5 Å². The smallest absolute Gasteiger partial charge is 0.174 e. The summed E-state index contributed by atoms with van der Waals surface area (Å²) in [6, 6.07) is 18.4. The second kappa shape index (κ2) is 9.97. The third kappa shape index (κ3) is 4.35. The van der Waals surface area contributed by atoms with Gasteiger partial charge in [0.1, 0.15) is 18.1 Å². The van der Waals surface area contributed by atoms with Gasteiger partial charge in [0.2, 0.25) is 0 Å². The minimum absolute atomic E-state index is 0.0708. The van der Waals surface area contributed by atoms with Crippen LogP contribution in [0.2, 0.25) is 0 Å². The number of carbonyl (C=O) groups is 2. The third-order valence-corrected chi connectivity index (χ3v) is 8.28. The quantitative estimate of drug-likeness (QED) is 0.289. The van der Waals surface area contributed by atoms with E-state index in [4.69, 9.17) is 14.2 Å². The highest BCUT2D eigenvalue weighted by molar-refractivity contribution is 14.1. The van der Waals surface area contributed by atoms with Crippen LogP contribution in [0.3, 0.4) is 0 Å². The Morgan fingerprint density at radius 3 is 2.27 bits per heavy atom. The Bertz CT molecular complexity index is 1450. The molecule has 3 aromatic rings. The molecule has 0 saturated heterocycles. The summed E-state index contributed by atoms with van der Waals surface area (Å²) in [5.74, 6) is 2.43. The molecule has 0 unspecified atom stereocenters. The zero-order valence-electron chi connectivity index (χ0n) is 20.6. The number of hydrogen-bond donors (Lipinski definition) is 0. The average Bonchev–Trinajstić information content (AvgIpc) is 2.91. The molecule has 0 N–H and O–H groups in total. The molecule has 37 heavy (non-hydrogen) atoms. The molecule has 1 aliphatic heterocycles. The fourth-order valence-corrected chi connectivity index (χ4v) is 6.55. The Morgan fingerprint density at radius 2 is 1.57 bits per heavy atom. The maximum absolute atomic E-state index is 13.1. The standard InChI is InChI=1S/C31H27IO5/c1-35-27-16-20(15-22(32)31(27)36-17-19-9-4-8-18-7-2-3-10-21(18)19)28-29-23(33)11-5-13-25(29)37-26-14-6-12-24(34)30(26)28/h2-4,7-10,15-16,28H,5-6,11-14,17H2,1H3. The first-order valence-corrected chi connectivity index (χ1v) is 13.8. The van der Waals surface area contributed by atoms with Crippen LogP contribution in [0.4, 0.5) is 0 Å². The van der Waals surface area contributed by atoms with Gasteiger partial charge in [-0.25, -0.2) is 0 Å². The van der Waals surface area contributed by atoms with E-state index in [2.05, 4.69) is 46.9 Å². The van der Waals surface area contributed by atoms with Gasteiger partial charge in [-0.1, -0.05) is 42.5 Å². The van der Waals surface area contributed by atoms with Crippen LogP contribution in [0.15, 0.2) is 77.3 Å². The number of carbonyl (C=O) groups excluding carboxylic acids is 2. The number of Topliss-reactive ketones (excluding diaryl/α,β-unsaturated/α-hetero) is 2. The molecule has 0 amide bonds. The van der Waals surface area contributed by atoms with Gasteiger partial charge in [-0.3, -0.25) is 9.59 Å². The molecule has 6 rings (SSSR count). The van der Waals surface area contributed by atoms with Crippen LogP contribution >= 0.6 is 22.6 Å². The van der Waals surface area contributed by atoms with Crippen molar-refractivity contribution in [2.75, 3.05) is 7.11 Å². The summed E-state index contributed by atoms with van der Waals surface area (Å²) in [5.41, 5.74) is 3.24. The number of methoxy groups -OCH3 is 1. The second-order valence-electron chi connectivity index (χ2n) is 9.72. The molecular formula is C31H27IO5. The lowest BCUT2D eigenvalue weighted by Crippen LogP contribution is -2.30. The van der Waals surface area contributed by atoms with Crippen LogP contribution in [-0.4, -0.2) is 18.7 Å².